The molecule has 5 rings (SSSR count). The van der Waals surface area contributed by atoms with Crippen molar-refractivity contribution in [2.24, 2.45) is 0 Å². The number of nitrogens with one attached hydrogen (secondary N) is 3. The van der Waals surface area contributed by atoms with E-state index in [-0.39, 0.29) is 19.3 Å². The van der Waals surface area contributed by atoms with Crippen LogP contribution < -0.4 is 20.9 Å². The number of aryl methyl sites for hydroxylation is 1. The first-order valence-corrected chi connectivity index (χ1v) is 15.4. The molecular weight excluding hydrogens is 546 g/mol. The maximum absolute atomic E-state index is 12.8. The molecule has 1 saturated heterocycles. The maximum Gasteiger partial charge on any atom is 0.408 e. The van der Waals surface area contributed by atoms with Gasteiger partial charge in [-0.15, -0.1) is 0 Å². The van der Waals surface area contributed by atoms with E-state index in [1.165, 1.54) is 11.9 Å². The van der Waals surface area contributed by atoms with E-state index in [1.807, 2.05) is 25.2 Å². The Labute approximate surface area is 253 Å². The van der Waals surface area contributed by atoms with Gasteiger partial charge in [0.15, 0.2) is 0 Å². The van der Waals surface area contributed by atoms with Gasteiger partial charge in [-0.3, -0.25) is 0 Å². The Kier molecular flexibility index (Phi) is 10.1. The molecule has 3 aliphatic rings. The second-order valence-corrected chi connectivity index (χ2v) is 11.6. The number of alkyl carbamates (subject to hydrolysis) is 1. The number of allylic oxidation sites excluding steroid dienone is 2. The highest BCUT2D eigenvalue weighted by Crippen LogP contribution is 2.33. The molecule has 11 heteroatoms. The van der Waals surface area contributed by atoms with E-state index >= 15 is 0 Å². The lowest BCUT2D eigenvalue weighted by molar-refractivity contribution is -0.149. The summed E-state index contributed by atoms with van der Waals surface area (Å²) in [6, 6.07) is 3.46. The van der Waals surface area contributed by atoms with Gasteiger partial charge in [-0.2, -0.15) is 0 Å². The van der Waals surface area contributed by atoms with Crippen molar-refractivity contribution in [2.45, 2.75) is 77.4 Å². The number of anilines is 3. The second kappa shape index (κ2) is 14.3. The average molecular weight is 590 g/mol. The van der Waals surface area contributed by atoms with Crippen LogP contribution >= 0.6 is 0 Å². The number of carbonyl (C=O) groups excluding carboxylic acids is 2. The lowest BCUT2D eigenvalue weighted by Crippen LogP contribution is -2.47. The van der Waals surface area contributed by atoms with Crippen molar-refractivity contribution < 1.29 is 19.1 Å². The van der Waals surface area contributed by atoms with E-state index in [4.69, 9.17) is 14.5 Å². The number of amides is 1. The number of piperidine rings is 1. The van der Waals surface area contributed by atoms with Crippen molar-refractivity contribution in [2.75, 3.05) is 48.3 Å². The minimum atomic E-state index is -0.960. The van der Waals surface area contributed by atoms with E-state index in [0.717, 1.165) is 86.6 Å². The van der Waals surface area contributed by atoms with Gasteiger partial charge in [-0.25, -0.2) is 24.5 Å². The number of aromatic nitrogens is 3. The molecule has 3 N–H and O–H groups in total. The van der Waals surface area contributed by atoms with Crippen molar-refractivity contribution in [3.8, 4) is 0 Å². The highest BCUT2D eigenvalue weighted by atomic mass is 16.6. The summed E-state index contributed by atoms with van der Waals surface area (Å²) in [5.41, 5.74) is 4.29. The Hall–Kier alpha value is -4.15. The number of fused-ring (bicyclic) bond motifs is 1. The largest absolute Gasteiger partial charge is 0.461 e. The van der Waals surface area contributed by atoms with Crippen molar-refractivity contribution in [1.29, 1.82) is 0 Å². The molecule has 230 valence electrons. The molecule has 43 heavy (non-hydrogen) atoms. The summed E-state index contributed by atoms with van der Waals surface area (Å²) in [4.78, 5) is 41.7. The van der Waals surface area contributed by atoms with E-state index in [1.54, 1.807) is 13.8 Å². The molecule has 2 aromatic heterocycles. The van der Waals surface area contributed by atoms with Crippen LogP contribution in [0.1, 0.15) is 68.7 Å². The van der Waals surface area contributed by atoms with Crippen LogP contribution in [0.15, 0.2) is 42.3 Å². The van der Waals surface area contributed by atoms with E-state index in [0.29, 0.717) is 11.7 Å². The monoisotopic (exact) mass is 589 g/mol. The van der Waals surface area contributed by atoms with Crippen molar-refractivity contribution in [3.05, 3.63) is 59.1 Å². The fraction of sp³-hybridized carbons (Fsp3) is 0.531. The molecule has 1 fully saturated rings. The molecule has 2 aliphatic heterocycles. The first-order valence-electron chi connectivity index (χ1n) is 15.4. The fourth-order valence-electron chi connectivity index (χ4n) is 5.71. The van der Waals surface area contributed by atoms with Gasteiger partial charge in [-0.05, 0) is 76.5 Å². The number of pyridine rings is 1. The summed E-state index contributed by atoms with van der Waals surface area (Å²) in [6.07, 6.45) is 12.7. The first-order chi connectivity index (χ1) is 20.9. The molecule has 0 bridgehead atoms. The number of rotatable bonds is 10. The summed E-state index contributed by atoms with van der Waals surface area (Å²) in [5, 5.41) is 9.34. The van der Waals surface area contributed by atoms with Crippen LogP contribution in [0.25, 0.3) is 0 Å². The normalized spacial score (nSPS) is 17.4. The second-order valence-electron chi connectivity index (χ2n) is 11.6. The highest BCUT2D eigenvalue weighted by molar-refractivity contribution is 5.82. The van der Waals surface area contributed by atoms with Crippen molar-refractivity contribution >= 4 is 29.5 Å². The van der Waals surface area contributed by atoms with Gasteiger partial charge in [0.1, 0.15) is 36.4 Å². The van der Waals surface area contributed by atoms with Crippen LogP contribution in [-0.4, -0.2) is 71.9 Å². The lowest BCUT2D eigenvalue weighted by Gasteiger charge is -2.34. The smallest absolute Gasteiger partial charge is 0.408 e. The molecule has 0 unspecified atom stereocenters. The van der Waals surface area contributed by atoms with Crippen molar-refractivity contribution in [3.63, 3.8) is 0 Å². The van der Waals surface area contributed by atoms with Gasteiger partial charge in [0.2, 0.25) is 0 Å². The molecule has 0 aromatic carbocycles. The highest BCUT2D eigenvalue weighted by Gasteiger charge is 2.27. The Bertz CT molecular complexity index is 1350. The molecular formula is C32H43N7O4. The lowest BCUT2D eigenvalue weighted by atomic mass is 9.92. The van der Waals surface area contributed by atoms with Gasteiger partial charge >= 0.3 is 12.1 Å². The van der Waals surface area contributed by atoms with Crippen LogP contribution in [0, 0.1) is 6.92 Å². The summed E-state index contributed by atoms with van der Waals surface area (Å²) in [5.74, 6) is 2.37. The molecule has 4 heterocycles. The maximum atomic E-state index is 12.8. The van der Waals surface area contributed by atoms with Crippen LogP contribution in [0.5, 0.6) is 0 Å². The Morgan fingerprint density at radius 3 is 2.77 bits per heavy atom. The first kappa shape index (κ1) is 30.3. The number of ether oxygens (including phenoxy) is 2. The third-order valence-electron chi connectivity index (χ3n) is 8.03. The quantitative estimate of drug-likeness (QED) is 0.337. The zero-order valence-electron chi connectivity index (χ0n) is 25.4. The van der Waals surface area contributed by atoms with E-state index < -0.39 is 18.1 Å². The predicted molar refractivity (Wildman–Crippen MR) is 166 cm³/mol. The summed E-state index contributed by atoms with van der Waals surface area (Å²) >= 11 is 0. The van der Waals surface area contributed by atoms with Crippen LogP contribution in [0.2, 0.25) is 0 Å². The average Bonchev–Trinajstić information content (AvgIpc) is 3.02. The number of hydrogen-bond acceptors (Lipinski definition) is 10. The minimum Gasteiger partial charge on any atom is -0.461 e. The van der Waals surface area contributed by atoms with Gasteiger partial charge in [0, 0.05) is 43.4 Å². The molecule has 11 nitrogen and oxygen atoms in total. The zero-order valence-corrected chi connectivity index (χ0v) is 25.4. The number of esters is 1. The summed E-state index contributed by atoms with van der Waals surface area (Å²) < 4.78 is 10.8. The fourth-order valence-corrected chi connectivity index (χ4v) is 5.71. The van der Waals surface area contributed by atoms with Crippen LogP contribution in [0.3, 0.4) is 0 Å². The van der Waals surface area contributed by atoms with Crippen LogP contribution in [0.4, 0.5) is 22.2 Å². The standard InChI is InChI=1S/C32H43N7O4/c1-21(2)43-31(40)27(38-32(41)42-19-23-8-5-4-6-9-23)18-34-28-22(3)30(36-20-35-28)39-16-13-24(14-17-39)26-12-11-25-10-7-15-33-29(25)37-26/h5,8-9,11-12,20-21,24,27H,4,6-7,10,13-19H2,1-3H3,(H,33,37)(H,38,41)(H,34,35,36)/t27-/m0/s1. The molecule has 0 saturated carbocycles. The number of carbonyl (C=O) groups is 2. The molecule has 1 atom stereocenters. The SMILES string of the molecule is Cc1c(NC[C@H](NC(=O)OCC2=CCCC=C2)C(=O)OC(C)C)ncnc1N1CCC(c2ccc3c(n2)NCCC3)CC1. The van der Waals surface area contributed by atoms with E-state index in [9.17, 15) is 9.59 Å². The Balaban J connectivity index is 1.18. The van der Waals surface area contributed by atoms with Gasteiger partial charge in [0.05, 0.1) is 6.10 Å². The van der Waals surface area contributed by atoms with Crippen LogP contribution in [-0.2, 0) is 20.7 Å². The van der Waals surface area contributed by atoms with Crippen molar-refractivity contribution in [1.82, 2.24) is 20.3 Å². The zero-order chi connectivity index (χ0) is 30.2. The van der Waals surface area contributed by atoms with Gasteiger partial charge in [-0.1, -0.05) is 24.3 Å². The summed E-state index contributed by atoms with van der Waals surface area (Å²) in [6.45, 7) is 8.44. The van der Waals surface area contributed by atoms with Gasteiger partial charge < -0.3 is 30.3 Å². The van der Waals surface area contributed by atoms with Gasteiger partial charge in [0.25, 0.3) is 0 Å². The number of nitrogens with zero attached hydrogens (tertiary/aromatic N) is 4. The third kappa shape index (κ3) is 8.03. The molecule has 1 amide bonds. The molecule has 0 spiro atoms. The topological polar surface area (TPSA) is 131 Å². The number of hydrogen-bond donors (Lipinski definition) is 3. The Morgan fingerprint density at radius 2 is 2.00 bits per heavy atom. The third-order valence-corrected chi connectivity index (χ3v) is 8.03. The van der Waals surface area contributed by atoms with E-state index in [2.05, 4.69) is 43.0 Å². The molecule has 2 aromatic rings. The predicted octanol–water partition coefficient (Wildman–Crippen LogP) is 4.66. The molecule has 0 radical (unpaired) electrons. The Morgan fingerprint density at radius 1 is 1.16 bits per heavy atom. The summed E-state index contributed by atoms with van der Waals surface area (Å²) in [7, 11) is 0. The minimum absolute atomic E-state index is 0.0840. The molecule has 1 aliphatic carbocycles.